The number of ether oxygens (including phenoxy) is 1. The second kappa shape index (κ2) is 6.41. The maximum absolute atomic E-state index is 13.3. The quantitative estimate of drug-likeness (QED) is 0.753. The van der Waals surface area contributed by atoms with Crippen molar-refractivity contribution in [2.24, 2.45) is 0 Å². The molecule has 0 bridgehead atoms. The topological polar surface area (TPSA) is 58.2 Å². The summed E-state index contributed by atoms with van der Waals surface area (Å²) in [7, 11) is 1.71. The van der Waals surface area contributed by atoms with Crippen molar-refractivity contribution in [1.82, 2.24) is 14.9 Å². The number of aromatic nitrogens is 2. The zero-order chi connectivity index (χ0) is 18.4. The van der Waals surface area contributed by atoms with Crippen molar-refractivity contribution >= 4 is 16.9 Å². The van der Waals surface area contributed by atoms with Gasteiger partial charge in [-0.1, -0.05) is 6.07 Å². The van der Waals surface area contributed by atoms with E-state index >= 15 is 0 Å². The van der Waals surface area contributed by atoms with Gasteiger partial charge in [0.2, 0.25) is 0 Å². The largest absolute Gasteiger partial charge is 0.497 e. The second-order valence-corrected chi connectivity index (χ2v) is 7.55. The van der Waals surface area contributed by atoms with E-state index < -0.39 is 0 Å². The van der Waals surface area contributed by atoms with Crippen LogP contribution in [0.5, 0.6) is 5.75 Å². The van der Waals surface area contributed by atoms with Crippen molar-refractivity contribution in [2.45, 2.75) is 37.6 Å². The molecule has 138 valence electrons. The van der Waals surface area contributed by atoms with Gasteiger partial charge in [-0.2, -0.15) is 0 Å². The molecule has 1 fully saturated rings. The molecule has 27 heavy (non-hydrogen) atoms. The van der Waals surface area contributed by atoms with Gasteiger partial charge in [0.1, 0.15) is 5.75 Å². The predicted molar refractivity (Wildman–Crippen MR) is 104 cm³/mol. The third-order valence-electron chi connectivity index (χ3n) is 6.17. The Labute approximate surface area is 158 Å². The molecular formula is C22H23N3O2. The van der Waals surface area contributed by atoms with Crippen molar-refractivity contribution in [3.05, 3.63) is 59.4 Å². The van der Waals surface area contributed by atoms with Crippen LogP contribution in [0.2, 0.25) is 0 Å². The molecule has 1 amide bonds. The van der Waals surface area contributed by atoms with Crippen LogP contribution in [0.15, 0.2) is 42.7 Å². The standard InChI is InChI=1S/C22H23N3O2/c1-27-16-7-4-14-6-9-21-17(18(14)12-16)3-2-10-25(21)22(26)15-5-8-19-20(11-15)24-13-23-19/h4-5,7-8,11-13,17,21H,2-3,6,9-10H2,1H3,(H,23,24)/t17-,21-/m0/s1. The van der Waals surface area contributed by atoms with E-state index in [0.717, 1.165) is 54.6 Å². The van der Waals surface area contributed by atoms with Crippen molar-refractivity contribution in [3.8, 4) is 5.75 Å². The summed E-state index contributed by atoms with van der Waals surface area (Å²) in [5.74, 6) is 1.44. The SMILES string of the molecule is COc1ccc2c(c1)[C@@H]1CCCN(C(=O)c3ccc4nc[nH]c4c3)[C@H]1CC2. The van der Waals surface area contributed by atoms with E-state index in [4.69, 9.17) is 4.74 Å². The molecule has 2 aromatic carbocycles. The van der Waals surface area contributed by atoms with Crippen LogP contribution in [0.3, 0.4) is 0 Å². The van der Waals surface area contributed by atoms with Crippen LogP contribution in [0.4, 0.5) is 0 Å². The highest BCUT2D eigenvalue weighted by molar-refractivity contribution is 5.97. The number of likely N-dealkylation sites (tertiary alicyclic amines) is 1. The van der Waals surface area contributed by atoms with Crippen molar-refractivity contribution in [1.29, 1.82) is 0 Å². The second-order valence-electron chi connectivity index (χ2n) is 7.55. The Morgan fingerprint density at radius 1 is 1.22 bits per heavy atom. The molecule has 0 spiro atoms. The minimum absolute atomic E-state index is 0.132. The normalized spacial score (nSPS) is 21.6. The average molecular weight is 361 g/mol. The Balaban J connectivity index is 1.47. The Bertz CT molecular complexity index is 1010. The molecule has 2 heterocycles. The fourth-order valence-electron chi connectivity index (χ4n) is 4.84. The number of rotatable bonds is 2. The highest BCUT2D eigenvalue weighted by atomic mass is 16.5. The summed E-state index contributed by atoms with van der Waals surface area (Å²) in [5, 5.41) is 0. The first-order valence-corrected chi connectivity index (χ1v) is 9.65. The fourth-order valence-corrected chi connectivity index (χ4v) is 4.84. The molecular weight excluding hydrogens is 338 g/mol. The van der Waals surface area contributed by atoms with Crippen LogP contribution in [-0.2, 0) is 6.42 Å². The monoisotopic (exact) mass is 361 g/mol. The minimum atomic E-state index is 0.132. The highest BCUT2D eigenvalue weighted by Gasteiger charge is 2.38. The maximum Gasteiger partial charge on any atom is 0.254 e. The van der Waals surface area contributed by atoms with Crippen LogP contribution in [0.1, 0.15) is 46.7 Å². The number of benzene rings is 2. The molecule has 5 rings (SSSR count). The Hall–Kier alpha value is -2.82. The van der Waals surface area contributed by atoms with Gasteiger partial charge in [0.25, 0.3) is 5.91 Å². The van der Waals surface area contributed by atoms with Crippen LogP contribution >= 0.6 is 0 Å². The summed E-state index contributed by atoms with van der Waals surface area (Å²) in [6, 6.07) is 12.4. The molecule has 0 radical (unpaired) electrons. The lowest BCUT2D eigenvalue weighted by atomic mass is 9.74. The lowest BCUT2D eigenvalue weighted by molar-refractivity contribution is 0.0547. The van der Waals surface area contributed by atoms with Gasteiger partial charge in [-0.05, 0) is 67.1 Å². The van der Waals surface area contributed by atoms with E-state index in [1.165, 1.54) is 11.1 Å². The summed E-state index contributed by atoms with van der Waals surface area (Å²) in [4.78, 5) is 22.8. The third-order valence-corrected chi connectivity index (χ3v) is 6.17. The van der Waals surface area contributed by atoms with Gasteiger partial charge in [-0.15, -0.1) is 0 Å². The van der Waals surface area contributed by atoms with Gasteiger partial charge < -0.3 is 14.6 Å². The number of methoxy groups -OCH3 is 1. The number of aromatic amines is 1. The average Bonchev–Trinajstić information content (AvgIpc) is 3.20. The molecule has 0 saturated carbocycles. The summed E-state index contributed by atoms with van der Waals surface area (Å²) >= 11 is 0. The number of H-pyrrole nitrogens is 1. The molecule has 2 aliphatic rings. The number of amides is 1. The van der Waals surface area contributed by atoms with Crippen molar-refractivity contribution in [2.75, 3.05) is 13.7 Å². The van der Waals surface area contributed by atoms with Gasteiger partial charge >= 0.3 is 0 Å². The zero-order valence-electron chi connectivity index (χ0n) is 15.4. The number of imidazole rings is 1. The van der Waals surface area contributed by atoms with E-state index in [-0.39, 0.29) is 11.9 Å². The molecule has 1 aromatic heterocycles. The van der Waals surface area contributed by atoms with Crippen molar-refractivity contribution < 1.29 is 9.53 Å². The Kier molecular flexibility index (Phi) is 3.88. The lowest BCUT2D eigenvalue weighted by Crippen LogP contribution is -2.49. The van der Waals surface area contributed by atoms with Crippen LogP contribution < -0.4 is 4.74 Å². The van der Waals surface area contributed by atoms with Gasteiger partial charge in [0.05, 0.1) is 24.5 Å². The molecule has 5 nitrogen and oxygen atoms in total. The first-order chi connectivity index (χ1) is 13.2. The fraction of sp³-hybridized carbons (Fsp3) is 0.364. The van der Waals surface area contributed by atoms with Crippen molar-refractivity contribution in [3.63, 3.8) is 0 Å². The molecule has 1 saturated heterocycles. The maximum atomic E-state index is 13.3. The number of hydrogen-bond donors (Lipinski definition) is 1. The molecule has 3 aromatic rings. The summed E-state index contributed by atoms with van der Waals surface area (Å²) in [6.07, 6.45) is 5.89. The number of nitrogens with zero attached hydrogens (tertiary/aromatic N) is 2. The van der Waals surface area contributed by atoms with Gasteiger partial charge in [-0.3, -0.25) is 4.79 Å². The van der Waals surface area contributed by atoms with E-state index in [0.29, 0.717) is 5.92 Å². The van der Waals surface area contributed by atoms with Gasteiger partial charge in [-0.25, -0.2) is 4.98 Å². The molecule has 5 heteroatoms. The molecule has 1 aliphatic heterocycles. The number of carbonyl (C=O) groups excluding carboxylic acids is 1. The summed E-state index contributed by atoms with van der Waals surface area (Å²) in [6.45, 7) is 0.834. The third kappa shape index (κ3) is 2.69. The number of piperidine rings is 1. The first kappa shape index (κ1) is 16.4. The van der Waals surface area contributed by atoms with E-state index in [9.17, 15) is 4.79 Å². The van der Waals surface area contributed by atoms with Crippen LogP contribution in [-0.4, -0.2) is 40.5 Å². The molecule has 1 N–H and O–H groups in total. The van der Waals surface area contributed by atoms with E-state index in [2.05, 4.69) is 27.0 Å². The number of carbonyl (C=O) groups is 1. The van der Waals surface area contributed by atoms with E-state index in [1.807, 2.05) is 24.3 Å². The molecule has 1 aliphatic carbocycles. The summed E-state index contributed by atoms with van der Waals surface area (Å²) in [5.41, 5.74) is 5.32. The number of aryl methyl sites for hydroxylation is 1. The first-order valence-electron chi connectivity index (χ1n) is 9.65. The molecule has 2 atom stereocenters. The number of nitrogens with one attached hydrogen (secondary N) is 1. The van der Waals surface area contributed by atoms with Crippen LogP contribution in [0.25, 0.3) is 11.0 Å². The summed E-state index contributed by atoms with van der Waals surface area (Å²) < 4.78 is 5.45. The minimum Gasteiger partial charge on any atom is -0.497 e. The van der Waals surface area contributed by atoms with Gasteiger partial charge in [0.15, 0.2) is 0 Å². The molecule has 0 unspecified atom stereocenters. The Morgan fingerprint density at radius 2 is 2.15 bits per heavy atom. The van der Waals surface area contributed by atoms with E-state index in [1.54, 1.807) is 13.4 Å². The highest BCUT2D eigenvalue weighted by Crippen LogP contribution is 2.42. The predicted octanol–water partition coefficient (Wildman–Crippen LogP) is 3.91. The lowest BCUT2D eigenvalue weighted by Gasteiger charge is -2.45. The smallest absolute Gasteiger partial charge is 0.254 e. The zero-order valence-corrected chi connectivity index (χ0v) is 15.4. The van der Waals surface area contributed by atoms with Gasteiger partial charge in [0, 0.05) is 24.1 Å². The van der Waals surface area contributed by atoms with Crippen LogP contribution in [0, 0.1) is 0 Å². The Morgan fingerprint density at radius 3 is 3.04 bits per heavy atom. The number of fused-ring (bicyclic) bond motifs is 4. The number of hydrogen-bond acceptors (Lipinski definition) is 3.